The zero-order valence-electron chi connectivity index (χ0n) is 12.5. The highest BCUT2D eigenvalue weighted by atomic mass is 32.1. The molecule has 23 heavy (non-hydrogen) atoms. The molecule has 5 heteroatoms. The van der Waals surface area contributed by atoms with Gasteiger partial charge < -0.3 is 0 Å². The van der Waals surface area contributed by atoms with Crippen molar-refractivity contribution in [2.75, 3.05) is 5.43 Å². The Morgan fingerprint density at radius 1 is 1.13 bits per heavy atom. The molecule has 2 aromatic carbocycles. The first-order valence-electron chi connectivity index (χ1n) is 7.08. The quantitative estimate of drug-likeness (QED) is 0.571. The third-order valence-corrected chi connectivity index (χ3v) is 4.08. The molecule has 1 N–H and O–H groups in total. The van der Waals surface area contributed by atoms with Crippen molar-refractivity contribution in [2.45, 2.75) is 6.92 Å². The Balaban J connectivity index is 1.83. The highest BCUT2D eigenvalue weighted by Crippen LogP contribution is 2.22. The minimum absolute atomic E-state index is 0.275. The molecule has 0 unspecified atom stereocenters. The van der Waals surface area contributed by atoms with Gasteiger partial charge in [-0.3, -0.25) is 5.43 Å². The number of aryl methyl sites for hydroxylation is 1. The lowest BCUT2D eigenvalue weighted by molar-refractivity contribution is 1.31. The molecule has 0 saturated carbocycles. The van der Waals surface area contributed by atoms with Crippen molar-refractivity contribution in [2.24, 2.45) is 5.10 Å². The lowest BCUT2D eigenvalue weighted by Crippen LogP contribution is -2.01. The predicted octanol–water partition coefficient (Wildman–Crippen LogP) is 4.46. The molecule has 1 aromatic heterocycles. The van der Waals surface area contributed by atoms with Crippen LogP contribution in [-0.2, 0) is 0 Å². The largest absolute Gasteiger partial charge is 0.277 e. The fraction of sp³-hybridized carbons (Fsp3) is 0.0556. The van der Waals surface area contributed by atoms with Crippen LogP contribution in [0.15, 0.2) is 65.1 Å². The molecule has 0 bridgehead atoms. The summed E-state index contributed by atoms with van der Waals surface area (Å²) in [6.07, 6.45) is 0. The Morgan fingerprint density at radius 2 is 1.87 bits per heavy atom. The summed E-state index contributed by atoms with van der Waals surface area (Å²) < 4.78 is 0. The molecular weight excluding hydrogens is 304 g/mol. The van der Waals surface area contributed by atoms with Gasteiger partial charge in [-0.25, -0.2) is 4.98 Å². The predicted molar refractivity (Wildman–Crippen MR) is 94.5 cm³/mol. The molecular formula is C18H14N4S. The zero-order valence-corrected chi connectivity index (χ0v) is 13.3. The number of benzene rings is 2. The minimum Gasteiger partial charge on any atom is -0.277 e. The molecule has 0 fully saturated rings. The summed E-state index contributed by atoms with van der Waals surface area (Å²) in [5.74, 6) is 0. The number of rotatable bonds is 4. The van der Waals surface area contributed by atoms with E-state index >= 15 is 0 Å². The summed E-state index contributed by atoms with van der Waals surface area (Å²) in [4.78, 5) is 4.52. The number of nitrogens with one attached hydrogen (secondary N) is 1. The van der Waals surface area contributed by atoms with E-state index in [2.05, 4.69) is 21.6 Å². The summed E-state index contributed by atoms with van der Waals surface area (Å²) in [6, 6.07) is 19.8. The standard InChI is InChI=1S/C18H14N4S/c1-13-7-9-14(10-8-13)17-12-23-18(20-17)16(11-19)22-21-15-5-3-2-4-6-15/h2-10,12,21H,1H3/b22-16-. The second-order valence-corrected chi connectivity index (χ2v) is 5.81. The molecule has 0 aliphatic carbocycles. The van der Waals surface area contributed by atoms with Gasteiger partial charge in [0.05, 0.1) is 11.4 Å². The third-order valence-electron chi connectivity index (χ3n) is 3.23. The van der Waals surface area contributed by atoms with E-state index in [0.717, 1.165) is 16.9 Å². The molecule has 3 rings (SSSR count). The van der Waals surface area contributed by atoms with Crippen LogP contribution in [0.2, 0.25) is 0 Å². The van der Waals surface area contributed by atoms with Crippen molar-refractivity contribution in [3.05, 3.63) is 70.5 Å². The fourth-order valence-corrected chi connectivity index (χ4v) is 2.76. The lowest BCUT2D eigenvalue weighted by Gasteiger charge is -1.99. The van der Waals surface area contributed by atoms with Crippen LogP contribution in [0, 0.1) is 18.3 Å². The molecule has 4 nitrogen and oxygen atoms in total. The van der Waals surface area contributed by atoms with Crippen molar-refractivity contribution >= 4 is 22.7 Å². The minimum atomic E-state index is 0.275. The van der Waals surface area contributed by atoms with Crippen molar-refractivity contribution in [1.82, 2.24) is 4.98 Å². The lowest BCUT2D eigenvalue weighted by atomic mass is 10.1. The summed E-state index contributed by atoms with van der Waals surface area (Å²) in [5.41, 5.74) is 7.08. The first-order valence-corrected chi connectivity index (χ1v) is 7.96. The number of hydrazone groups is 1. The molecule has 0 amide bonds. The zero-order chi connectivity index (χ0) is 16.1. The Kier molecular flexibility index (Phi) is 4.46. The van der Waals surface area contributed by atoms with Crippen LogP contribution in [-0.4, -0.2) is 10.7 Å². The maximum atomic E-state index is 9.32. The smallest absolute Gasteiger partial charge is 0.196 e. The van der Waals surface area contributed by atoms with Gasteiger partial charge in [0.25, 0.3) is 0 Å². The number of hydrogen-bond acceptors (Lipinski definition) is 5. The molecule has 1 heterocycles. The monoisotopic (exact) mass is 318 g/mol. The van der Waals surface area contributed by atoms with Gasteiger partial charge in [0.2, 0.25) is 0 Å². The number of anilines is 1. The van der Waals surface area contributed by atoms with E-state index in [0.29, 0.717) is 5.01 Å². The molecule has 0 saturated heterocycles. The first kappa shape index (κ1) is 14.9. The topological polar surface area (TPSA) is 61.1 Å². The molecule has 0 radical (unpaired) electrons. The first-order chi connectivity index (χ1) is 11.3. The van der Waals surface area contributed by atoms with E-state index in [4.69, 9.17) is 0 Å². The summed E-state index contributed by atoms with van der Waals surface area (Å²) in [5, 5.41) is 16.0. The molecule has 0 aliphatic heterocycles. The maximum absolute atomic E-state index is 9.32. The Labute approximate surface area is 138 Å². The van der Waals surface area contributed by atoms with Gasteiger partial charge in [-0.05, 0) is 19.1 Å². The van der Waals surface area contributed by atoms with Gasteiger partial charge in [0.15, 0.2) is 10.7 Å². The summed E-state index contributed by atoms with van der Waals surface area (Å²) in [6.45, 7) is 2.05. The highest BCUT2D eigenvalue weighted by Gasteiger charge is 2.10. The van der Waals surface area contributed by atoms with Crippen molar-refractivity contribution in [3.63, 3.8) is 0 Å². The molecule has 0 aliphatic rings. The Morgan fingerprint density at radius 3 is 2.57 bits per heavy atom. The molecule has 3 aromatic rings. The normalized spacial score (nSPS) is 11.0. The van der Waals surface area contributed by atoms with E-state index in [9.17, 15) is 5.26 Å². The summed E-state index contributed by atoms with van der Waals surface area (Å²) in [7, 11) is 0. The van der Waals surface area contributed by atoms with Gasteiger partial charge in [0.1, 0.15) is 6.07 Å². The van der Waals surface area contributed by atoms with E-state index in [1.54, 1.807) is 0 Å². The SMILES string of the molecule is Cc1ccc(-c2csc(/C(C#N)=N\Nc3ccccc3)n2)cc1. The fourth-order valence-electron chi connectivity index (χ4n) is 1.99. The van der Waals surface area contributed by atoms with Crippen molar-refractivity contribution in [3.8, 4) is 17.3 Å². The maximum Gasteiger partial charge on any atom is 0.196 e. The molecule has 0 atom stereocenters. The highest BCUT2D eigenvalue weighted by molar-refractivity contribution is 7.12. The summed E-state index contributed by atoms with van der Waals surface area (Å²) >= 11 is 1.41. The van der Waals surface area contributed by atoms with Crippen LogP contribution in [0.1, 0.15) is 10.6 Å². The van der Waals surface area contributed by atoms with E-state index in [1.807, 2.05) is 66.9 Å². The number of nitrogens with zero attached hydrogens (tertiary/aromatic N) is 3. The van der Waals surface area contributed by atoms with E-state index in [-0.39, 0.29) is 5.71 Å². The number of nitriles is 1. The van der Waals surface area contributed by atoms with Gasteiger partial charge in [0, 0.05) is 10.9 Å². The van der Waals surface area contributed by atoms with E-state index in [1.165, 1.54) is 16.9 Å². The van der Waals surface area contributed by atoms with Crippen LogP contribution in [0.3, 0.4) is 0 Å². The van der Waals surface area contributed by atoms with Crippen LogP contribution in [0.5, 0.6) is 0 Å². The van der Waals surface area contributed by atoms with Crippen molar-refractivity contribution in [1.29, 1.82) is 5.26 Å². The number of hydrogen-bond donors (Lipinski definition) is 1. The Bertz CT molecular complexity index is 858. The van der Waals surface area contributed by atoms with Crippen LogP contribution >= 0.6 is 11.3 Å². The van der Waals surface area contributed by atoms with Gasteiger partial charge >= 0.3 is 0 Å². The molecule has 112 valence electrons. The van der Waals surface area contributed by atoms with Crippen LogP contribution in [0.25, 0.3) is 11.3 Å². The van der Waals surface area contributed by atoms with Crippen molar-refractivity contribution < 1.29 is 0 Å². The van der Waals surface area contributed by atoms with Gasteiger partial charge in [-0.15, -0.1) is 11.3 Å². The van der Waals surface area contributed by atoms with E-state index < -0.39 is 0 Å². The number of thiazole rings is 1. The number of aromatic nitrogens is 1. The molecule has 0 spiro atoms. The van der Waals surface area contributed by atoms with Gasteiger partial charge in [-0.2, -0.15) is 10.4 Å². The van der Waals surface area contributed by atoms with Gasteiger partial charge in [-0.1, -0.05) is 48.0 Å². The second kappa shape index (κ2) is 6.86. The third kappa shape index (κ3) is 3.62. The Hall–Kier alpha value is -2.97. The second-order valence-electron chi connectivity index (χ2n) is 4.95. The average molecular weight is 318 g/mol. The van der Waals surface area contributed by atoms with Crippen LogP contribution in [0.4, 0.5) is 5.69 Å². The number of para-hydroxylation sites is 1. The van der Waals surface area contributed by atoms with Crippen LogP contribution < -0.4 is 5.43 Å². The average Bonchev–Trinajstić information content (AvgIpc) is 3.07.